The Kier molecular flexibility index (Phi) is 6.42. The predicted molar refractivity (Wildman–Crippen MR) is 203 cm³/mol. The lowest BCUT2D eigenvalue weighted by molar-refractivity contribution is 0.669. The summed E-state index contributed by atoms with van der Waals surface area (Å²) in [5.41, 5.74) is 11.9. The average molecular weight is 641 g/mol. The molecular weight excluding hydrogens is 613 g/mol. The lowest BCUT2D eigenvalue weighted by atomic mass is 9.99. The molecule has 1 aliphatic heterocycles. The quantitative estimate of drug-likeness (QED) is 0.188. The number of fused-ring (bicyclic) bond motifs is 17. The topological polar surface area (TPSA) is 55.1 Å². The maximum Gasteiger partial charge on any atom is 0.164 e. The Morgan fingerprint density at radius 1 is 0.320 bits per heavy atom. The molecule has 0 N–H and O–H groups in total. The molecule has 3 heterocycles. The van der Waals surface area contributed by atoms with Crippen LogP contribution in [-0.2, 0) is 0 Å². The van der Waals surface area contributed by atoms with Gasteiger partial charge in [0, 0.05) is 50.6 Å². The standard InChI is InChI=1S/C45H28N4O/c1-2-10-29(11-3-1)43-46-44-34-16-6-12-30(24-34)32-14-8-18-36(26-32)49(38-22-23-40-39-20-4-5-21-41(39)50-42(40)28-38)37-19-9-15-33(27-37)31-13-7-17-35(25-31)45(47-43)48-44/h1-28H. The van der Waals surface area contributed by atoms with Gasteiger partial charge in [-0.05, 0) is 76.9 Å². The molecule has 5 nitrogen and oxygen atoms in total. The summed E-state index contributed by atoms with van der Waals surface area (Å²) < 4.78 is 6.36. The Labute approximate surface area is 288 Å². The summed E-state index contributed by atoms with van der Waals surface area (Å²) in [5.74, 6) is 1.91. The van der Waals surface area contributed by atoms with Gasteiger partial charge >= 0.3 is 0 Å². The van der Waals surface area contributed by atoms with Crippen LogP contribution in [0.4, 0.5) is 17.1 Å². The van der Waals surface area contributed by atoms with Gasteiger partial charge in [-0.15, -0.1) is 0 Å². The second-order valence-corrected chi connectivity index (χ2v) is 12.5. The van der Waals surface area contributed by atoms with Gasteiger partial charge in [-0.3, -0.25) is 0 Å². The molecule has 2 aromatic heterocycles. The Hall–Kier alpha value is -6.85. The average Bonchev–Trinajstić information content (AvgIpc) is 3.56. The summed E-state index contributed by atoms with van der Waals surface area (Å²) >= 11 is 0. The largest absolute Gasteiger partial charge is 0.456 e. The Morgan fingerprint density at radius 2 is 0.780 bits per heavy atom. The van der Waals surface area contributed by atoms with E-state index in [0.717, 1.165) is 77.9 Å². The highest BCUT2D eigenvalue weighted by molar-refractivity contribution is 6.06. The van der Waals surface area contributed by atoms with Gasteiger partial charge < -0.3 is 9.32 Å². The molecule has 7 aromatic carbocycles. The van der Waals surface area contributed by atoms with Crippen LogP contribution < -0.4 is 4.90 Å². The van der Waals surface area contributed by atoms with Gasteiger partial charge in [-0.2, -0.15) is 0 Å². The molecule has 0 aliphatic carbocycles. The van der Waals surface area contributed by atoms with Gasteiger partial charge in [0.15, 0.2) is 17.5 Å². The van der Waals surface area contributed by atoms with Crippen molar-refractivity contribution in [3.8, 4) is 56.4 Å². The molecular formula is C45H28N4O. The van der Waals surface area contributed by atoms with Crippen LogP contribution in [0.15, 0.2) is 174 Å². The van der Waals surface area contributed by atoms with Crippen molar-refractivity contribution in [2.24, 2.45) is 0 Å². The molecule has 0 saturated heterocycles. The van der Waals surface area contributed by atoms with Crippen LogP contribution in [0.3, 0.4) is 0 Å². The summed E-state index contributed by atoms with van der Waals surface area (Å²) in [4.78, 5) is 17.3. The summed E-state index contributed by atoms with van der Waals surface area (Å²) in [7, 11) is 0. The van der Waals surface area contributed by atoms with E-state index in [-0.39, 0.29) is 0 Å². The van der Waals surface area contributed by atoms with E-state index in [4.69, 9.17) is 19.4 Å². The Balaban J connectivity index is 1.22. The Morgan fingerprint density at radius 3 is 1.42 bits per heavy atom. The highest BCUT2D eigenvalue weighted by Crippen LogP contribution is 2.41. The van der Waals surface area contributed by atoms with Crippen LogP contribution in [-0.4, -0.2) is 15.0 Å². The number of nitrogens with zero attached hydrogens (tertiary/aromatic N) is 4. The van der Waals surface area contributed by atoms with E-state index < -0.39 is 0 Å². The fourth-order valence-corrected chi connectivity index (χ4v) is 6.98. The van der Waals surface area contributed by atoms with Crippen molar-refractivity contribution in [3.63, 3.8) is 0 Å². The molecule has 5 heteroatoms. The fourth-order valence-electron chi connectivity index (χ4n) is 6.98. The first-order chi connectivity index (χ1) is 24.7. The van der Waals surface area contributed by atoms with E-state index >= 15 is 0 Å². The lowest BCUT2D eigenvalue weighted by Crippen LogP contribution is -2.10. The SMILES string of the molecule is c1ccc(-c2nc3nc(n2)-c2cccc(c2)-c2cccc(c2)N(c2ccc4c(c2)oc2ccccc24)c2cccc(c2)-c2cccc-3c2)cc1. The summed E-state index contributed by atoms with van der Waals surface area (Å²) in [6.07, 6.45) is 0. The number of benzene rings is 7. The van der Waals surface area contributed by atoms with Crippen molar-refractivity contribution in [1.29, 1.82) is 0 Å². The predicted octanol–water partition coefficient (Wildman–Crippen LogP) is 11.9. The van der Waals surface area contributed by atoms with Crippen molar-refractivity contribution in [1.82, 2.24) is 15.0 Å². The van der Waals surface area contributed by atoms with Crippen molar-refractivity contribution < 1.29 is 4.42 Å². The van der Waals surface area contributed by atoms with Crippen molar-refractivity contribution in [2.45, 2.75) is 0 Å². The van der Waals surface area contributed by atoms with Gasteiger partial charge in [0.1, 0.15) is 11.2 Å². The molecule has 0 radical (unpaired) electrons. The van der Waals surface area contributed by atoms with E-state index in [0.29, 0.717) is 17.5 Å². The second kappa shape index (κ2) is 11.4. The van der Waals surface area contributed by atoms with Crippen LogP contribution >= 0.6 is 0 Å². The number of aromatic nitrogens is 3. The Bertz CT molecular complexity index is 2620. The molecule has 234 valence electrons. The van der Waals surface area contributed by atoms with Gasteiger partial charge in [0.2, 0.25) is 0 Å². The monoisotopic (exact) mass is 640 g/mol. The minimum atomic E-state index is 0.632. The molecule has 0 saturated carbocycles. The highest BCUT2D eigenvalue weighted by Gasteiger charge is 2.19. The van der Waals surface area contributed by atoms with Gasteiger partial charge in [-0.25, -0.2) is 15.0 Å². The van der Waals surface area contributed by atoms with Gasteiger partial charge in [-0.1, -0.05) is 109 Å². The second-order valence-electron chi connectivity index (χ2n) is 12.5. The molecule has 0 amide bonds. The van der Waals surface area contributed by atoms with Crippen LogP contribution in [0, 0.1) is 0 Å². The van der Waals surface area contributed by atoms with Crippen molar-refractivity contribution in [2.75, 3.05) is 4.90 Å². The highest BCUT2D eigenvalue weighted by atomic mass is 16.3. The molecule has 10 bridgehead atoms. The molecule has 10 rings (SSSR count). The first-order valence-electron chi connectivity index (χ1n) is 16.7. The zero-order valence-corrected chi connectivity index (χ0v) is 26.9. The van der Waals surface area contributed by atoms with Crippen molar-refractivity contribution >= 4 is 39.0 Å². The van der Waals surface area contributed by atoms with E-state index in [1.165, 1.54) is 0 Å². The molecule has 9 aromatic rings. The molecule has 0 spiro atoms. The minimum Gasteiger partial charge on any atom is -0.456 e. The number of furan rings is 1. The fraction of sp³-hybridized carbons (Fsp3) is 0. The van der Waals surface area contributed by atoms with Gasteiger partial charge in [0.05, 0.1) is 0 Å². The van der Waals surface area contributed by atoms with E-state index in [1.807, 2.05) is 42.5 Å². The molecule has 0 atom stereocenters. The first kappa shape index (κ1) is 28.2. The molecule has 0 fully saturated rings. The third-order valence-electron chi connectivity index (χ3n) is 9.40. The molecule has 50 heavy (non-hydrogen) atoms. The lowest BCUT2D eigenvalue weighted by Gasteiger charge is -2.26. The van der Waals surface area contributed by atoms with Crippen LogP contribution in [0.5, 0.6) is 0 Å². The smallest absolute Gasteiger partial charge is 0.164 e. The first-order valence-corrected chi connectivity index (χ1v) is 16.7. The summed E-state index contributed by atoms with van der Waals surface area (Å²) in [5, 5.41) is 2.22. The zero-order valence-electron chi connectivity index (χ0n) is 26.9. The van der Waals surface area contributed by atoms with Gasteiger partial charge in [0.25, 0.3) is 0 Å². The van der Waals surface area contributed by atoms with E-state index in [2.05, 4.69) is 132 Å². The van der Waals surface area contributed by atoms with E-state index in [1.54, 1.807) is 0 Å². The van der Waals surface area contributed by atoms with Crippen LogP contribution in [0.2, 0.25) is 0 Å². The number of rotatable bonds is 2. The summed E-state index contributed by atoms with van der Waals surface area (Å²) in [6, 6.07) is 59.1. The zero-order chi connectivity index (χ0) is 33.0. The van der Waals surface area contributed by atoms with E-state index in [9.17, 15) is 0 Å². The molecule has 1 aliphatic rings. The molecule has 0 unspecified atom stereocenters. The third-order valence-corrected chi connectivity index (χ3v) is 9.40. The maximum atomic E-state index is 6.36. The number of anilines is 3. The number of hydrogen-bond donors (Lipinski definition) is 0. The number of para-hydroxylation sites is 1. The summed E-state index contributed by atoms with van der Waals surface area (Å²) in [6.45, 7) is 0. The van der Waals surface area contributed by atoms with Crippen molar-refractivity contribution in [3.05, 3.63) is 170 Å². The van der Waals surface area contributed by atoms with Crippen LogP contribution in [0.1, 0.15) is 0 Å². The normalized spacial score (nSPS) is 12.0. The third kappa shape index (κ3) is 4.83. The van der Waals surface area contributed by atoms with Crippen LogP contribution in [0.25, 0.3) is 78.4 Å². The minimum absolute atomic E-state index is 0.632. The number of hydrogen-bond acceptors (Lipinski definition) is 5. The maximum absolute atomic E-state index is 6.36.